The van der Waals surface area contributed by atoms with Crippen molar-refractivity contribution in [3.8, 4) is 17.3 Å². The Morgan fingerprint density at radius 2 is 2.00 bits per heavy atom. The summed E-state index contributed by atoms with van der Waals surface area (Å²) in [7, 11) is 0. The third-order valence-electron chi connectivity index (χ3n) is 4.47. The molecule has 4 nitrogen and oxygen atoms in total. The Labute approximate surface area is 166 Å². The second-order valence-corrected chi connectivity index (χ2v) is 7.15. The molecule has 0 aliphatic heterocycles. The van der Waals surface area contributed by atoms with Crippen molar-refractivity contribution >= 4 is 34.0 Å². The zero-order chi connectivity index (χ0) is 19.5. The summed E-state index contributed by atoms with van der Waals surface area (Å²) in [6.45, 7) is 2.10. The van der Waals surface area contributed by atoms with Gasteiger partial charge in [-0.2, -0.15) is 5.26 Å². The molecule has 136 valence electrons. The molecule has 0 radical (unpaired) electrons. The van der Waals surface area contributed by atoms with Crippen LogP contribution in [0.1, 0.15) is 23.1 Å². The topological polar surface area (TPSA) is 66.9 Å². The minimum atomic E-state index is -0.437. The predicted molar refractivity (Wildman–Crippen MR) is 113 cm³/mol. The van der Waals surface area contributed by atoms with Gasteiger partial charge < -0.3 is 4.42 Å². The number of thiazole rings is 1. The zero-order valence-corrected chi connectivity index (χ0v) is 16.0. The molecule has 0 saturated heterocycles. The van der Waals surface area contributed by atoms with E-state index in [0.717, 1.165) is 17.4 Å². The summed E-state index contributed by atoms with van der Waals surface area (Å²) in [5, 5.41) is 12.8. The molecule has 4 aromatic rings. The van der Waals surface area contributed by atoms with Gasteiger partial charge in [0.15, 0.2) is 0 Å². The Kier molecular flexibility index (Phi) is 4.88. The summed E-state index contributed by atoms with van der Waals surface area (Å²) in [5.41, 5.74) is 3.66. The fourth-order valence-electron chi connectivity index (χ4n) is 2.92. The first kappa shape index (κ1) is 17.9. The third kappa shape index (κ3) is 3.51. The number of nitrogens with zero attached hydrogens (tertiary/aromatic N) is 2. The van der Waals surface area contributed by atoms with Crippen LogP contribution in [-0.2, 0) is 6.42 Å². The quantitative estimate of drug-likeness (QED) is 0.342. The van der Waals surface area contributed by atoms with Crippen LogP contribution in [0.2, 0.25) is 0 Å². The molecule has 4 rings (SSSR count). The zero-order valence-electron chi connectivity index (χ0n) is 15.2. The summed E-state index contributed by atoms with van der Waals surface area (Å²) in [6.07, 6.45) is 2.78. The van der Waals surface area contributed by atoms with Crippen LogP contribution in [0.25, 0.3) is 33.9 Å². The number of nitriles is 1. The van der Waals surface area contributed by atoms with E-state index in [0.29, 0.717) is 27.4 Å². The van der Waals surface area contributed by atoms with E-state index >= 15 is 0 Å². The van der Waals surface area contributed by atoms with Crippen molar-refractivity contribution in [1.29, 1.82) is 5.26 Å². The van der Waals surface area contributed by atoms with Gasteiger partial charge in [0.1, 0.15) is 16.7 Å². The maximum Gasteiger partial charge on any atom is 0.345 e. The van der Waals surface area contributed by atoms with Crippen molar-refractivity contribution in [2.75, 3.05) is 0 Å². The highest BCUT2D eigenvalue weighted by atomic mass is 32.1. The largest absolute Gasteiger partial charge is 0.422 e. The smallest absolute Gasteiger partial charge is 0.345 e. The Bertz CT molecular complexity index is 1270. The second kappa shape index (κ2) is 7.63. The molecule has 0 atom stereocenters. The Morgan fingerprint density at radius 3 is 2.75 bits per heavy atom. The molecule has 0 aliphatic rings. The number of rotatable bonds is 4. The fourth-order valence-corrected chi connectivity index (χ4v) is 3.71. The molecule has 5 heteroatoms. The van der Waals surface area contributed by atoms with Crippen molar-refractivity contribution in [3.05, 3.63) is 86.5 Å². The molecule has 0 unspecified atom stereocenters. The summed E-state index contributed by atoms with van der Waals surface area (Å²) >= 11 is 1.34. The maximum absolute atomic E-state index is 12.4. The number of fused-ring (bicyclic) bond motifs is 1. The molecule has 2 aromatic heterocycles. The average Bonchev–Trinajstić information content (AvgIpc) is 3.21. The number of hydrogen-bond acceptors (Lipinski definition) is 5. The number of allylic oxidation sites excluding steroid dienone is 1. The molecule has 0 saturated carbocycles. The monoisotopic (exact) mass is 384 g/mol. The lowest BCUT2D eigenvalue weighted by molar-refractivity contribution is 0.563. The normalized spacial score (nSPS) is 11.5. The van der Waals surface area contributed by atoms with E-state index in [-0.39, 0.29) is 0 Å². The molecule has 0 aliphatic carbocycles. The minimum absolute atomic E-state index is 0.394. The SMILES string of the molecule is CCc1ccc(/C=C(\C#N)c2nc(-c3cc4ccccc4oc3=O)cs2)cc1. The maximum atomic E-state index is 12.4. The molecular weight excluding hydrogens is 368 g/mol. The van der Waals surface area contributed by atoms with Gasteiger partial charge in [-0.3, -0.25) is 0 Å². The van der Waals surface area contributed by atoms with Crippen molar-refractivity contribution in [2.45, 2.75) is 13.3 Å². The van der Waals surface area contributed by atoms with Gasteiger partial charge in [0.25, 0.3) is 0 Å². The van der Waals surface area contributed by atoms with Crippen molar-refractivity contribution in [2.24, 2.45) is 0 Å². The van der Waals surface area contributed by atoms with Gasteiger partial charge >= 0.3 is 5.63 Å². The van der Waals surface area contributed by atoms with E-state index in [2.05, 4.69) is 18.0 Å². The summed E-state index contributed by atoms with van der Waals surface area (Å²) in [6, 6.07) is 19.4. The molecule has 0 N–H and O–H groups in total. The van der Waals surface area contributed by atoms with Gasteiger partial charge in [-0.15, -0.1) is 11.3 Å². The van der Waals surface area contributed by atoms with Gasteiger partial charge in [-0.1, -0.05) is 49.4 Å². The van der Waals surface area contributed by atoms with E-state index in [1.54, 1.807) is 17.5 Å². The van der Waals surface area contributed by atoms with Crippen LogP contribution >= 0.6 is 11.3 Å². The van der Waals surface area contributed by atoms with Crippen molar-refractivity contribution < 1.29 is 4.42 Å². The van der Waals surface area contributed by atoms with Crippen molar-refractivity contribution in [1.82, 2.24) is 4.98 Å². The van der Waals surface area contributed by atoms with E-state index < -0.39 is 5.63 Å². The van der Waals surface area contributed by atoms with Crippen LogP contribution in [0.3, 0.4) is 0 Å². The first-order valence-electron chi connectivity index (χ1n) is 8.88. The Hall–Kier alpha value is -3.49. The Balaban J connectivity index is 1.71. The number of aryl methyl sites for hydroxylation is 1. The lowest BCUT2D eigenvalue weighted by atomic mass is 10.1. The van der Waals surface area contributed by atoms with Crippen LogP contribution in [0.4, 0.5) is 0 Å². The molecule has 2 heterocycles. The van der Waals surface area contributed by atoms with Crippen LogP contribution in [0.5, 0.6) is 0 Å². The number of hydrogen-bond donors (Lipinski definition) is 0. The van der Waals surface area contributed by atoms with Crippen LogP contribution in [0, 0.1) is 11.3 Å². The Morgan fingerprint density at radius 1 is 1.21 bits per heavy atom. The van der Waals surface area contributed by atoms with E-state index in [4.69, 9.17) is 4.42 Å². The highest BCUT2D eigenvalue weighted by Gasteiger charge is 2.13. The molecular formula is C23H16N2O2S. The van der Waals surface area contributed by atoms with Gasteiger partial charge in [0.2, 0.25) is 0 Å². The number of benzene rings is 2. The first-order valence-corrected chi connectivity index (χ1v) is 9.76. The van der Waals surface area contributed by atoms with E-state index in [1.165, 1.54) is 16.9 Å². The third-order valence-corrected chi connectivity index (χ3v) is 5.35. The lowest BCUT2D eigenvalue weighted by Gasteiger charge is -2.00. The molecule has 28 heavy (non-hydrogen) atoms. The predicted octanol–water partition coefficient (Wildman–Crippen LogP) is 5.54. The standard InChI is InChI=1S/C23H16N2O2S/c1-2-15-7-9-16(10-8-15)11-18(13-24)22-25-20(14-28-22)19-12-17-5-3-4-6-21(17)27-23(19)26/h3-12,14H,2H2,1H3/b18-11+. The average molecular weight is 384 g/mol. The van der Waals surface area contributed by atoms with Crippen LogP contribution < -0.4 is 5.63 Å². The molecule has 0 fully saturated rings. The van der Waals surface area contributed by atoms with Gasteiger partial charge in [-0.25, -0.2) is 9.78 Å². The fraction of sp³-hybridized carbons (Fsp3) is 0.0870. The van der Waals surface area contributed by atoms with Crippen LogP contribution in [0.15, 0.2) is 69.2 Å². The molecule has 0 amide bonds. The lowest BCUT2D eigenvalue weighted by Crippen LogP contribution is -2.02. The van der Waals surface area contributed by atoms with Gasteiger partial charge in [-0.05, 0) is 35.8 Å². The molecule has 2 aromatic carbocycles. The highest BCUT2D eigenvalue weighted by molar-refractivity contribution is 7.11. The first-order chi connectivity index (χ1) is 13.7. The highest BCUT2D eigenvalue weighted by Crippen LogP contribution is 2.27. The molecule has 0 spiro atoms. The van der Waals surface area contributed by atoms with Gasteiger partial charge in [0.05, 0.1) is 16.8 Å². The number of para-hydroxylation sites is 1. The van der Waals surface area contributed by atoms with E-state index in [9.17, 15) is 10.1 Å². The van der Waals surface area contributed by atoms with Crippen LogP contribution in [-0.4, -0.2) is 4.98 Å². The summed E-state index contributed by atoms with van der Waals surface area (Å²) < 4.78 is 5.39. The minimum Gasteiger partial charge on any atom is -0.422 e. The van der Waals surface area contributed by atoms with E-state index in [1.807, 2.05) is 48.5 Å². The van der Waals surface area contributed by atoms with Gasteiger partial charge in [0, 0.05) is 10.8 Å². The van der Waals surface area contributed by atoms with Crippen molar-refractivity contribution in [3.63, 3.8) is 0 Å². The summed E-state index contributed by atoms with van der Waals surface area (Å²) in [4.78, 5) is 16.9. The summed E-state index contributed by atoms with van der Waals surface area (Å²) in [5.74, 6) is 0. The number of aromatic nitrogens is 1. The molecule has 0 bridgehead atoms. The second-order valence-electron chi connectivity index (χ2n) is 6.29.